The van der Waals surface area contributed by atoms with Gasteiger partial charge in [0.25, 0.3) is 0 Å². The van der Waals surface area contributed by atoms with Gasteiger partial charge >= 0.3 is 6.03 Å². The van der Waals surface area contributed by atoms with E-state index in [0.29, 0.717) is 13.1 Å². The number of nitrogens with zero attached hydrogens (tertiary/aromatic N) is 3. The highest BCUT2D eigenvalue weighted by Crippen LogP contribution is 2.14. The van der Waals surface area contributed by atoms with Crippen molar-refractivity contribution in [3.8, 4) is 0 Å². The van der Waals surface area contributed by atoms with Crippen LogP contribution < -0.4 is 0 Å². The molecule has 1 aliphatic rings. The molecule has 86 valence electrons. The van der Waals surface area contributed by atoms with Gasteiger partial charge < -0.3 is 14.7 Å². The molecule has 2 atom stereocenters. The molecule has 0 bridgehead atoms. The monoisotopic (exact) mass is 213 g/mol. The Morgan fingerprint density at radius 1 is 1.27 bits per heavy atom. The fourth-order valence-electron chi connectivity index (χ4n) is 1.98. The van der Waals surface area contributed by atoms with Crippen molar-refractivity contribution in [1.82, 2.24) is 14.7 Å². The van der Waals surface area contributed by atoms with E-state index in [9.17, 15) is 9.59 Å². The molecule has 0 aliphatic carbocycles. The van der Waals surface area contributed by atoms with Gasteiger partial charge in [-0.2, -0.15) is 0 Å². The Balaban J connectivity index is 2.68. The summed E-state index contributed by atoms with van der Waals surface area (Å²) in [7, 11) is 3.48. The van der Waals surface area contributed by atoms with E-state index >= 15 is 0 Å². The van der Waals surface area contributed by atoms with Crippen LogP contribution in [-0.2, 0) is 4.79 Å². The number of carbonyl (C=O) groups excluding carboxylic acids is 2. The first-order valence-corrected chi connectivity index (χ1v) is 5.16. The lowest BCUT2D eigenvalue weighted by Gasteiger charge is -2.43. The van der Waals surface area contributed by atoms with Crippen molar-refractivity contribution in [3.05, 3.63) is 0 Å². The second-order valence-electron chi connectivity index (χ2n) is 4.33. The van der Waals surface area contributed by atoms with Crippen molar-refractivity contribution < 1.29 is 9.59 Å². The van der Waals surface area contributed by atoms with Gasteiger partial charge in [-0.3, -0.25) is 4.79 Å². The van der Waals surface area contributed by atoms with Crippen molar-refractivity contribution in [3.63, 3.8) is 0 Å². The van der Waals surface area contributed by atoms with E-state index in [1.807, 2.05) is 13.8 Å². The average molecular weight is 213 g/mol. The SMILES string of the molecule is C[C@@H]1CN(C(=O)N(C)C)C[C@H](C)N1C=O. The molecule has 0 aromatic heterocycles. The lowest BCUT2D eigenvalue weighted by molar-refractivity contribution is -0.124. The van der Waals surface area contributed by atoms with E-state index in [1.165, 1.54) is 0 Å². The third-order valence-electron chi connectivity index (χ3n) is 2.76. The quantitative estimate of drug-likeness (QED) is 0.585. The molecule has 1 heterocycles. The highest BCUT2D eigenvalue weighted by Gasteiger charge is 2.31. The maximum Gasteiger partial charge on any atom is 0.319 e. The van der Waals surface area contributed by atoms with E-state index in [-0.39, 0.29) is 18.1 Å². The molecule has 3 amide bonds. The van der Waals surface area contributed by atoms with E-state index in [0.717, 1.165) is 6.41 Å². The molecule has 1 aliphatic heterocycles. The van der Waals surface area contributed by atoms with Crippen molar-refractivity contribution >= 4 is 12.4 Å². The van der Waals surface area contributed by atoms with Crippen LogP contribution >= 0.6 is 0 Å². The van der Waals surface area contributed by atoms with Gasteiger partial charge in [-0.25, -0.2) is 4.79 Å². The summed E-state index contributed by atoms with van der Waals surface area (Å²) < 4.78 is 0. The first kappa shape index (κ1) is 11.8. The van der Waals surface area contributed by atoms with E-state index < -0.39 is 0 Å². The first-order chi connectivity index (χ1) is 6.97. The maximum absolute atomic E-state index is 11.7. The maximum atomic E-state index is 11.7. The third-order valence-corrected chi connectivity index (χ3v) is 2.76. The first-order valence-electron chi connectivity index (χ1n) is 5.16. The van der Waals surface area contributed by atoms with E-state index in [4.69, 9.17) is 0 Å². The third kappa shape index (κ3) is 2.40. The number of piperazine rings is 1. The predicted octanol–water partition coefficient (Wildman–Crippen LogP) is 0.219. The van der Waals surface area contributed by atoms with Gasteiger partial charge in [-0.15, -0.1) is 0 Å². The molecule has 1 saturated heterocycles. The smallest absolute Gasteiger partial charge is 0.319 e. The van der Waals surface area contributed by atoms with E-state index in [2.05, 4.69) is 0 Å². The molecule has 0 aromatic carbocycles. The van der Waals surface area contributed by atoms with Crippen LogP contribution in [-0.4, -0.2) is 66.4 Å². The Bertz CT molecular complexity index is 243. The minimum absolute atomic E-state index is 0.0132. The standard InChI is InChI=1S/C10H19N3O2/c1-8-5-12(10(15)11(3)4)6-9(2)13(8)7-14/h7-9H,5-6H2,1-4H3/t8-,9+. The molecule has 0 unspecified atom stereocenters. The van der Waals surface area contributed by atoms with Gasteiger partial charge in [0.05, 0.1) is 0 Å². The molecule has 1 rings (SSSR count). The number of amides is 3. The Labute approximate surface area is 90.6 Å². The van der Waals surface area contributed by atoms with Crippen LogP contribution in [0.25, 0.3) is 0 Å². The van der Waals surface area contributed by atoms with Gasteiger partial charge in [0.1, 0.15) is 0 Å². The molecular formula is C10H19N3O2. The van der Waals surface area contributed by atoms with Crippen LogP contribution in [0.1, 0.15) is 13.8 Å². The van der Waals surface area contributed by atoms with Crippen molar-refractivity contribution in [2.24, 2.45) is 0 Å². The molecule has 0 saturated carbocycles. The van der Waals surface area contributed by atoms with Crippen LogP contribution in [0.3, 0.4) is 0 Å². The molecule has 5 nitrogen and oxygen atoms in total. The zero-order valence-corrected chi connectivity index (χ0v) is 9.80. The Kier molecular flexibility index (Phi) is 3.55. The normalized spacial score (nSPS) is 26.4. The lowest BCUT2D eigenvalue weighted by Crippen LogP contribution is -2.58. The summed E-state index contributed by atoms with van der Waals surface area (Å²) in [6.45, 7) is 5.14. The van der Waals surface area contributed by atoms with Crippen molar-refractivity contribution in [1.29, 1.82) is 0 Å². The number of urea groups is 1. The molecule has 5 heteroatoms. The number of hydrogen-bond donors (Lipinski definition) is 0. The minimum Gasteiger partial charge on any atom is -0.336 e. The average Bonchev–Trinajstić information content (AvgIpc) is 2.15. The fourth-order valence-corrected chi connectivity index (χ4v) is 1.98. The van der Waals surface area contributed by atoms with Crippen LogP contribution in [0.4, 0.5) is 4.79 Å². The molecular weight excluding hydrogens is 194 g/mol. The topological polar surface area (TPSA) is 43.9 Å². The Morgan fingerprint density at radius 3 is 2.07 bits per heavy atom. The van der Waals surface area contributed by atoms with Gasteiger partial charge in [0.15, 0.2) is 0 Å². The molecule has 0 spiro atoms. The van der Waals surface area contributed by atoms with Crippen molar-refractivity contribution in [2.75, 3.05) is 27.2 Å². The van der Waals surface area contributed by atoms with Gasteiger partial charge in [0, 0.05) is 39.3 Å². The Morgan fingerprint density at radius 2 is 1.73 bits per heavy atom. The molecule has 1 fully saturated rings. The van der Waals surface area contributed by atoms with Crippen LogP contribution in [0.5, 0.6) is 0 Å². The van der Waals surface area contributed by atoms with E-state index in [1.54, 1.807) is 28.8 Å². The molecule has 0 aromatic rings. The van der Waals surface area contributed by atoms with Crippen LogP contribution in [0.2, 0.25) is 0 Å². The number of hydrogen-bond acceptors (Lipinski definition) is 2. The summed E-state index contributed by atoms with van der Waals surface area (Å²) >= 11 is 0. The summed E-state index contributed by atoms with van der Waals surface area (Å²) in [6, 6.07) is 0.199. The largest absolute Gasteiger partial charge is 0.336 e. The second kappa shape index (κ2) is 4.51. The van der Waals surface area contributed by atoms with Crippen LogP contribution in [0.15, 0.2) is 0 Å². The highest BCUT2D eigenvalue weighted by molar-refractivity contribution is 5.74. The zero-order chi connectivity index (χ0) is 11.6. The summed E-state index contributed by atoms with van der Waals surface area (Å²) in [5.74, 6) is 0. The fraction of sp³-hybridized carbons (Fsp3) is 0.800. The molecule has 0 radical (unpaired) electrons. The molecule has 15 heavy (non-hydrogen) atoms. The summed E-state index contributed by atoms with van der Waals surface area (Å²) in [5, 5.41) is 0. The summed E-state index contributed by atoms with van der Waals surface area (Å²) in [4.78, 5) is 27.6. The van der Waals surface area contributed by atoms with Crippen LogP contribution in [0, 0.1) is 0 Å². The van der Waals surface area contributed by atoms with Gasteiger partial charge in [-0.1, -0.05) is 0 Å². The van der Waals surface area contributed by atoms with Gasteiger partial charge in [-0.05, 0) is 13.8 Å². The Hall–Kier alpha value is -1.26. The minimum atomic E-state index is 0.0132. The number of rotatable bonds is 1. The summed E-state index contributed by atoms with van der Waals surface area (Å²) in [6.07, 6.45) is 0.868. The summed E-state index contributed by atoms with van der Waals surface area (Å²) in [5.41, 5.74) is 0. The lowest BCUT2D eigenvalue weighted by atomic mass is 10.1. The highest BCUT2D eigenvalue weighted by atomic mass is 16.2. The van der Waals surface area contributed by atoms with Crippen molar-refractivity contribution in [2.45, 2.75) is 25.9 Å². The zero-order valence-electron chi connectivity index (χ0n) is 9.80. The predicted molar refractivity (Wildman–Crippen MR) is 57.5 cm³/mol. The molecule has 0 N–H and O–H groups in total. The second-order valence-corrected chi connectivity index (χ2v) is 4.33. The van der Waals surface area contributed by atoms with Gasteiger partial charge in [0.2, 0.25) is 6.41 Å². The number of carbonyl (C=O) groups is 2.